The molecule has 22 heavy (non-hydrogen) atoms. The van der Waals surface area contributed by atoms with E-state index in [-0.39, 0.29) is 31.2 Å². The summed E-state index contributed by atoms with van der Waals surface area (Å²) in [5.74, 6) is -1.93. The van der Waals surface area contributed by atoms with Gasteiger partial charge in [-0.15, -0.1) is 0 Å². The Balaban J connectivity index is 1.72. The molecular formula is C15H17ClN2O4. The van der Waals surface area contributed by atoms with Crippen LogP contribution < -0.4 is 5.32 Å². The molecule has 1 aromatic rings. The Kier molecular flexibility index (Phi) is 5.38. The van der Waals surface area contributed by atoms with E-state index in [2.05, 4.69) is 5.32 Å². The number of carboxylic acids is 1. The van der Waals surface area contributed by atoms with Crippen molar-refractivity contribution in [2.45, 2.75) is 12.8 Å². The fourth-order valence-corrected chi connectivity index (χ4v) is 2.46. The van der Waals surface area contributed by atoms with Gasteiger partial charge in [0, 0.05) is 31.1 Å². The van der Waals surface area contributed by atoms with Gasteiger partial charge in [0.05, 0.1) is 12.3 Å². The van der Waals surface area contributed by atoms with Gasteiger partial charge in [-0.1, -0.05) is 23.7 Å². The molecule has 0 radical (unpaired) electrons. The molecule has 0 bridgehead atoms. The highest BCUT2D eigenvalue weighted by Crippen LogP contribution is 2.17. The van der Waals surface area contributed by atoms with Crippen LogP contribution in [0.3, 0.4) is 0 Å². The van der Waals surface area contributed by atoms with Crippen molar-refractivity contribution < 1.29 is 19.5 Å². The average Bonchev–Trinajstić information content (AvgIpc) is 2.83. The third-order valence-electron chi connectivity index (χ3n) is 3.55. The molecule has 1 aliphatic rings. The number of carbonyl (C=O) groups excluding carboxylic acids is 2. The number of carbonyl (C=O) groups is 3. The number of likely N-dealkylation sites (tertiary alicyclic amines) is 1. The zero-order valence-electron chi connectivity index (χ0n) is 11.9. The second-order valence-corrected chi connectivity index (χ2v) is 5.67. The average molecular weight is 325 g/mol. The first-order valence-corrected chi connectivity index (χ1v) is 7.35. The second kappa shape index (κ2) is 7.26. The van der Waals surface area contributed by atoms with E-state index >= 15 is 0 Å². The number of nitrogens with one attached hydrogen (secondary N) is 1. The Morgan fingerprint density at radius 2 is 2.00 bits per heavy atom. The molecule has 2 rings (SSSR count). The van der Waals surface area contributed by atoms with E-state index in [1.54, 1.807) is 24.3 Å². The standard InChI is InChI=1S/C15H17ClN2O4/c16-12-3-1-10(2-4-12)7-13(19)17-5-6-18-9-11(15(21)22)8-14(18)20/h1-4,11H,5-9H2,(H,17,19)(H,21,22). The Morgan fingerprint density at radius 3 is 2.59 bits per heavy atom. The first kappa shape index (κ1) is 16.3. The van der Waals surface area contributed by atoms with Crippen LogP contribution in [0.1, 0.15) is 12.0 Å². The Bertz CT molecular complexity index is 573. The van der Waals surface area contributed by atoms with Crippen molar-refractivity contribution in [3.05, 3.63) is 34.9 Å². The van der Waals surface area contributed by atoms with Crippen molar-refractivity contribution in [3.8, 4) is 0 Å². The van der Waals surface area contributed by atoms with Crippen LogP contribution in [-0.4, -0.2) is 47.4 Å². The maximum Gasteiger partial charge on any atom is 0.308 e. The minimum atomic E-state index is -0.956. The molecule has 0 spiro atoms. The van der Waals surface area contributed by atoms with Crippen LogP contribution in [0, 0.1) is 5.92 Å². The van der Waals surface area contributed by atoms with Gasteiger partial charge in [-0.2, -0.15) is 0 Å². The lowest BCUT2D eigenvalue weighted by Crippen LogP contribution is -2.36. The number of hydrogen-bond acceptors (Lipinski definition) is 3. The minimum absolute atomic E-state index is 0.0358. The molecule has 0 saturated carbocycles. The summed E-state index contributed by atoms with van der Waals surface area (Å²) in [4.78, 5) is 35.7. The molecule has 2 amide bonds. The monoisotopic (exact) mass is 324 g/mol. The second-order valence-electron chi connectivity index (χ2n) is 5.23. The molecule has 118 valence electrons. The van der Waals surface area contributed by atoms with E-state index in [0.29, 0.717) is 18.1 Å². The SMILES string of the molecule is O=C(Cc1ccc(Cl)cc1)NCCN1CC(C(=O)O)CC1=O. The number of carboxylic acid groups (broad SMARTS) is 1. The highest BCUT2D eigenvalue weighted by molar-refractivity contribution is 6.30. The zero-order valence-corrected chi connectivity index (χ0v) is 12.7. The van der Waals surface area contributed by atoms with Crippen LogP contribution >= 0.6 is 11.6 Å². The molecule has 6 nitrogen and oxygen atoms in total. The fourth-order valence-electron chi connectivity index (χ4n) is 2.33. The highest BCUT2D eigenvalue weighted by Gasteiger charge is 2.33. The van der Waals surface area contributed by atoms with Crippen molar-refractivity contribution in [3.63, 3.8) is 0 Å². The summed E-state index contributed by atoms with van der Waals surface area (Å²) in [6.07, 6.45) is 0.275. The topological polar surface area (TPSA) is 86.7 Å². The number of aliphatic carboxylic acids is 1. The van der Waals surface area contributed by atoms with Gasteiger partial charge in [0.2, 0.25) is 11.8 Å². The predicted octanol–water partition coefficient (Wildman–Crippen LogP) is 0.932. The van der Waals surface area contributed by atoms with Gasteiger partial charge in [-0.3, -0.25) is 14.4 Å². The van der Waals surface area contributed by atoms with Crippen LogP contribution in [0.15, 0.2) is 24.3 Å². The van der Waals surface area contributed by atoms with Crippen LogP contribution in [0.25, 0.3) is 0 Å². The van der Waals surface area contributed by atoms with Crippen molar-refractivity contribution in [1.82, 2.24) is 10.2 Å². The van der Waals surface area contributed by atoms with Gasteiger partial charge in [0.25, 0.3) is 0 Å². The van der Waals surface area contributed by atoms with Crippen molar-refractivity contribution in [2.24, 2.45) is 5.92 Å². The summed E-state index contributed by atoms with van der Waals surface area (Å²) in [7, 11) is 0. The van der Waals surface area contributed by atoms with E-state index in [4.69, 9.17) is 16.7 Å². The molecule has 2 N–H and O–H groups in total. The summed E-state index contributed by atoms with van der Waals surface area (Å²) in [5, 5.41) is 12.2. The molecule has 1 fully saturated rings. The Morgan fingerprint density at radius 1 is 1.32 bits per heavy atom. The van der Waals surface area contributed by atoms with E-state index in [1.165, 1.54) is 4.90 Å². The van der Waals surface area contributed by atoms with Crippen LogP contribution in [0.4, 0.5) is 0 Å². The minimum Gasteiger partial charge on any atom is -0.481 e. The quantitative estimate of drug-likeness (QED) is 0.815. The summed E-state index contributed by atoms with van der Waals surface area (Å²) in [5.41, 5.74) is 0.852. The lowest BCUT2D eigenvalue weighted by atomic mass is 10.1. The van der Waals surface area contributed by atoms with E-state index in [1.807, 2.05) is 0 Å². The number of nitrogens with zero attached hydrogens (tertiary/aromatic N) is 1. The number of halogens is 1. The lowest BCUT2D eigenvalue weighted by Gasteiger charge is -2.16. The molecule has 1 aromatic carbocycles. The molecular weight excluding hydrogens is 308 g/mol. The Labute approximate surface area is 133 Å². The van der Waals surface area contributed by atoms with Crippen LogP contribution in [0.2, 0.25) is 5.02 Å². The van der Waals surface area contributed by atoms with Gasteiger partial charge in [-0.25, -0.2) is 0 Å². The van der Waals surface area contributed by atoms with Crippen molar-refractivity contribution in [2.75, 3.05) is 19.6 Å². The Hall–Kier alpha value is -2.08. The van der Waals surface area contributed by atoms with Crippen LogP contribution in [-0.2, 0) is 20.8 Å². The number of hydrogen-bond donors (Lipinski definition) is 2. The number of amides is 2. The first-order chi connectivity index (χ1) is 10.5. The lowest BCUT2D eigenvalue weighted by molar-refractivity contribution is -0.141. The van der Waals surface area contributed by atoms with Crippen molar-refractivity contribution in [1.29, 1.82) is 0 Å². The van der Waals surface area contributed by atoms with E-state index < -0.39 is 11.9 Å². The van der Waals surface area contributed by atoms with Gasteiger partial charge < -0.3 is 15.3 Å². The molecule has 0 aromatic heterocycles. The molecule has 1 atom stereocenters. The maximum absolute atomic E-state index is 11.8. The number of rotatable bonds is 6. The summed E-state index contributed by atoms with van der Waals surface area (Å²) >= 11 is 5.77. The van der Waals surface area contributed by atoms with E-state index in [9.17, 15) is 14.4 Å². The summed E-state index contributed by atoms with van der Waals surface area (Å²) in [6, 6.07) is 7.00. The molecule has 1 aliphatic heterocycles. The number of benzene rings is 1. The summed E-state index contributed by atoms with van der Waals surface area (Å²) in [6.45, 7) is 0.848. The smallest absolute Gasteiger partial charge is 0.308 e. The van der Waals surface area contributed by atoms with Gasteiger partial charge in [0.1, 0.15) is 0 Å². The van der Waals surface area contributed by atoms with Gasteiger partial charge >= 0.3 is 5.97 Å². The predicted molar refractivity (Wildman–Crippen MR) is 80.5 cm³/mol. The third kappa shape index (κ3) is 4.46. The van der Waals surface area contributed by atoms with Crippen LogP contribution in [0.5, 0.6) is 0 Å². The molecule has 1 saturated heterocycles. The van der Waals surface area contributed by atoms with Gasteiger partial charge in [-0.05, 0) is 17.7 Å². The molecule has 1 unspecified atom stereocenters. The fraction of sp³-hybridized carbons (Fsp3) is 0.400. The third-order valence-corrected chi connectivity index (χ3v) is 3.80. The first-order valence-electron chi connectivity index (χ1n) is 6.97. The van der Waals surface area contributed by atoms with Crippen molar-refractivity contribution >= 4 is 29.4 Å². The normalized spacial score (nSPS) is 17.6. The van der Waals surface area contributed by atoms with E-state index in [0.717, 1.165) is 5.56 Å². The largest absolute Gasteiger partial charge is 0.481 e. The molecule has 1 heterocycles. The molecule has 7 heteroatoms. The highest BCUT2D eigenvalue weighted by atomic mass is 35.5. The zero-order chi connectivity index (χ0) is 16.1. The summed E-state index contributed by atoms with van der Waals surface area (Å²) < 4.78 is 0. The van der Waals surface area contributed by atoms with Gasteiger partial charge in [0.15, 0.2) is 0 Å². The molecule has 0 aliphatic carbocycles. The maximum atomic E-state index is 11.8.